The summed E-state index contributed by atoms with van der Waals surface area (Å²) in [5, 5.41) is 0. The summed E-state index contributed by atoms with van der Waals surface area (Å²) in [5.74, 6) is 1.03. The number of ether oxygens (including phenoxy) is 2. The zero-order valence-electron chi connectivity index (χ0n) is 18.3. The third kappa shape index (κ3) is 4.61. The van der Waals surface area contributed by atoms with Crippen molar-refractivity contribution in [1.29, 1.82) is 0 Å². The van der Waals surface area contributed by atoms with Gasteiger partial charge in [0, 0.05) is 0 Å². The molecule has 0 fully saturated rings. The Morgan fingerprint density at radius 3 is 1.88 bits per heavy atom. The van der Waals surface area contributed by atoms with Gasteiger partial charge in [-0.05, 0) is 82.6 Å². The third-order valence-electron chi connectivity index (χ3n) is 5.60. The van der Waals surface area contributed by atoms with Crippen LogP contribution in [0.3, 0.4) is 0 Å². The van der Waals surface area contributed by atoms with Gasteiger partial charge in [0.15, 0.2) is 0 Å². The molecule has 34 heavy (non-hydrogen) atoms. The van der Waals surface area contributed by atoms with Crippen molar-refractivity contribution in [2.75, 3.05) is 14.2 Å². The summed E-state index contributed by atoms with van der Waals surface area (Å²) >= 11 is 0. The fraction of sp³-hybridized carbons (Fsp3) is 0.200. The van der Waals surface area contributed by atoms with Crippen molar-refractivity contribution >= 4 is 21.3 Å². The van der Waals surface area contributed by atoms with Crippen molar-refractivity contribution in [2.45, 2.75) is 18.3 Å². The van der Waals surface area contributed by atoms with Crippen LogP contribution in [0.1, 0.15) is 28.7 Å². The Balaban J connectivity index is 1.81. The topological polar surface area (TPSA) is 61.8 Å². The van der Waals surface area contributed by atoms with Gasteiger partial charge in [-0.2, -0.15) is 21.6 Å². The largest absolute Gasteiger partial charge is 0.534 e. The molecule has 1 aliphatic rings. The van der Waals surface area contributed by atoms with Crippen molar-refractivity contribution in [3.05, 3.63) is 89.0 Å². The summed E-state index contributed by atoms with van der Waals surface area (Å²) in [6, 6.07) is 18.9. The molecule has 178 valence electrons. The van der Waals surface area contributed by atoms with Crippen LogP contribution < -0.4 is 13.7 Å². The van der Waals surface area contributed by atoms with Gasteiger partial charge >= 0.3 is 15.6 Å². The van der Waals surface area contributed by atoms with Crippen LogP contribution in [0.4, 0.5) is 13.2 Å². The predicted molar refractivity (Wildman–Crippen MR) is 122 cm³/mol. The summed E-state index contributed by atoms with van der Waals surface area (Å²) in [4.78, 5) is 0. The molecule has 0 aromatic heterocycles. The Morgan fingerprint density at radius 1 is 0.735 bits per heavy atom. The molecule has 3 aromatic rings. The monoisotopic (exact) mass is 490 g/mol. The van der Waals surface area contributed by atoms with E-state index >= 15 is 0 Å². The third-order valence-corrected chi connectivity index (χ3v) is 6.58. The zero-order valence-corrected chi connectivity index (χ0v) is 19.2. The van der Waals surface area contributed by atoms with E-state index in [9.17, 15) is 21.6 Å². The van der Waals surface area contributed by atoms with E-state index in [0.29, 0.717) is 5.56 Å². The van der Waals surface area contributed by atoms with E-state index in [1.54, 1.807) is 26.4 Å². The van der Waals surface area contributed by atoms with Crippen LogP contribution >= 0.6 is 0 Å². The molecule has 0 N–H and O–H groups in total. The molecule has 0 atom stereocenters. The predicted octanol–water partition coefficient (Wildman–Crippen LogP) is 5.84. The van der Waals surface area contributed by atoms with E-state index < -0.39 is 21.4 Å². The van der Waals surface area contributed by atoms with Gasteiger partial charge in [0.05, 0.1) is 14.2 Å². The van der Waals surface area contributed by atoms with E-state index in [2.05, 4.69) is 4.18 Å². The smallest absolute Gasteiger partial charge is 0.497 e. The van der Waals surface area contributed by atoms with Crippen molar-refractivity contribution in [1.82, 2.24) is 0 Å². The lowest BCUT2D eigenvalue weighted by molar-refractivity contribution is -0.0500. The normalized spacial score (nSPS) is 13.9. The van der Waals surface area contributed by atoms with Crippen molar-refractivity contribution in [3.63, 3.8) is 0 Å². The quantitative estimate of drug-likeness (QED) is 0.321. The fourth-order valence-corrected chi connectivity index (χ4v) is 4.42. The highest BCUT2D eigenvalue weighted by Gasteiger charge is 2.48. The molecular formula is C25H21F3O5S. The number of rotatable bonds is 6. The maximum atomic E-state index is 12.7. The average molecular weight is 490 g/mol. The Labute approximate surface area is 195 Å². The van der Waals surface area contributed by atoms with Crippen LogP contribution in [0.25, 0.3) is 11.1 Å². The first-order chi connectivity index (χ1) is 16.1. The lowest BCUT2D eigenvalue weighted by Gasteiger charge is -2.25. The number of aryl methyl sites for hydroxylation is 1. The average Bonchev–Trinajstić information content (AvgIpc) is 2.82. The molecule has 0 unspecified atom stereocenters. The number of hydrogen-bond acceptors (Lipinski definition) is 5. The second-order valence-electron chi connectivity index (χ2n) is 7.61. The van der Waals surface area contributed by atoms with Crippen molar-refractivity contribution in [3.8, 4) is 17.2 Å². The second kappa shape index (κ2) is 9.06. The maximum absolute atomic E-state index is 12.7. The first-order valence-corrected chi connectivity index (χ1v) is 11.7. The molecule has 1 aliphatic carbocycles. The fourth-order valence-electron chi connectivity index (χ4n) is 3.96. The number of halogens is 3. The molecule has 0 saturated heterocycles. The summed E-state index contributed by atoms with van der Waals surface area (Å²) in [6.07, 6.45) is 1.50. The van der Waals surface area contributed by atoms with Crippen LogP contribution in [0.2, 0.25) is 0 Å². The zero-order chi connectivity index (χ0) is 24.5. The summed E-state index contributed by atoms with van der Waals surface area (Å²) in [5.41, 5.74) is 0.195. The van der Waals surface area contributed by atoms with Crippen LogP contribution in [0.15, 0.2) is 66.7 Å². The molecule has 5 nitrogen and oxygen atoms in total. The number of benzene rings is 3. The molecule has 0 saturated carbocycles. The second-order valence-corrected chi connectivity index (χ2v) is 9.15. The first-order valence-electron chi connectivity index (χ1n) is 10.3. The highest BCUT2D eigenvalue weighted by atomic mass is 32.2. The van der Waals surface area contributed by atoms with Crippen molar-refractivity contribution in [2.24, 2.45) is 0 Å². The number of alkyl halides is 3. The van der Waals surface area contributed by atoms with Crippen LogP contribution in [0, 0.1) is 0 Å². The Morgan fingerprint density at radius 2 is 1.29 bits per heavy atom. The molecule has 3 aromatic carbocycles. The molecular weight excluding hydrogens is 469 g/mol. The van der Waals surface area contributed by atoms with E-state index in [1.165, 1.54) is 12.1 Å². The Kier molecular flexibility index (Phi) is 6.31. The van der Waals surface area contributed by atoms with E-state index in [0.717, 1.165) is 52.2 Å². The SMILES string of the molecule is COc1ccc(C2=C(c3ccc(OS(=O)(=O)C(F)(F)F)cc3)c3ccc(OC)cc3CC2)cc1. The Hall–Kier alpha value is -3.46. The molecule has 4 rings (SSSR count). The van der Waals surface area contributed by atoms with Gasteiger partial charge in [-0.25, -0.2) is 0 Å². The maximum Gasteiger partial charge on any atom is 0.534 e. The number of methoxy groups -OCH3 is 2. The minimum Gasteiger partial charge on any atom is -0.497 e. The minimum absolute atomic E-state index is 0.418. The number of allylic oxidation sites excluding steroid dienone is 1. The van der Waals surface area contributed by atoms with E-state index in [1.807, 2.05) is 42.5 Å². The highest BCUT2D eigenvalue weighted by molar-refractivity contribution is 7.88. The van der Waals surface area contributed by atoms with Crippen LogP contribution in [-0.2, 0) is 16.5 Å². The molecule has 0 heterocycles. The molecule has 0 aliphatic heterocycles. The first kappa shape index (κ1) is 23.7. The standard InChI is InChI=1S/C25H21F3O5S/c1-31-19-8-3-16(4-9-19)22-13-7-18-15-21(32-2)12-14-23(18)24(22)17-5-10-20(11-6-17)33-34(29,30)25(26,27)28/h3-6,8-12,14-15H,7,13H2,1-2H3. The molecule has 0 bridgehead atoms. The molecule has 9 heteroatoms. The summed E-state index contributed by atoms with van der Waals surface area (Å²) in [6.45, 7) is 0. The number of fused-ring (bicyclic) bond motifs is 1. The number of hydrogen-bond donors (Lipinski definition) is 0. The van der Waals surface area contributed by atoms with Gasteiger partial charge < -0.3 is 13.7 Å². The lowest BCUT2D eigenvalue weighted by Crippen LogP contribution is -2.28. The van der Waals surface area contributed by atoms with Gasteiger partial charge in [0.25, 0.3) is 0 Å². The molecule has 0 radical (unpaired) electrons. The van der Waals surface area contributed by atoms with E-state index in [4.69, 9.17) is 9.47 Å². The summed E-state index contributed by atoms with van der Waals surface area (Å²) < 4.78 is 75.5. The van der Waals surface area contributed by atoms with E-state index in [-0.39, 0.29) is 0 Å². The van der Waals surface area contributed by atoms with Crippen molar-refractivity contribution < 1.29 is 35.2 Å². The van der Waals surface area contributed by atoms with Gasteiger partial charge in [-0.15, -0.1) is 0 Å². The van der Waals surface area contributed by atoms with Gasteiger partial charge in [0.2, 0.25) is 0 Å². The Bertz CT molecular complexity index is 1330. The summed E-state index contributed by atoms with van der Waals surface area (Å²) in [7, 11) is -2.56. The molecule has 0 amide bonds. The minimum atomic E-state index is -5.74. The van der Waals surface area contributed by atoms with Gasteiger partial charge in [-0.3, -0.25) is 0 Å². The highest BCUT2D eigenvalue weighted by Crippen LogP contribution is 2.42. The van der Waals surface area contributed by atoms with Gasteiger partial charge in [0.1, 0.15) is 17.2 Å². The van der Waals surface area contributed by atoms with Gasteiger partial charge in [-0.1, -0.05) is 30.3 Å². The lowest BCUT2D eigenvalue weighted by atomic mass is 9.79. The molecule has 0 spiro atoms. The van der Waals surface area contributed by atoms with Crippen LogP contribution in [-0.4, -0.2) is 28.1 Å². The van der Waals surface area contributed by atoms with Crippen LogP contribution in [0.5, 0.6) is 17.2 Å².